The fourth-order valence-corrected chi connectivity index (χ4v) is 1.13. The first-order valence-electron chi connectivity index (χ1n) is 4.87. The zero-order chi connectivity index (χ0) is 13.7. The van der Waals surface area contributed by atoms with Crippen molar-refractivity contribution < 1.29 is 23.6 Å². The van der Waals surface area contributed by atoms with Gasteiger partial charge in [0.1, 0.15) is 5.82 Å². The number of nitrogens with zero attached hydrogens (tertiary/aromatic N) is 1. The Balaban J connectivity index is 2.88. The van der Waals surface area contributed by atoms with Crippen molar-refractivity contribution in [2.45, 2.75) is 6.92 Å². The second-order valence-corrected chi connectivity index (χ2v) is 3.13. The summed E-state index contributed by atoms with van der Waals surface area (Å²) in [5.41, 5.74) is -0.728. The third-order valence-electron chi connectivity index (χ3n) is 1.81. The molecule has 96 valence electrons. The number of carbonyl (C=O) groups excluding carboxylic acids is 2. The van der Waals surface area contributed by atoms with Crippen molar-refractivity contribution in [2.75, 3.05) is 11.9 Å². The lowest BCUT2D eigenvalue weighted by Gasteiger charge is -2.04. The smallest absolute Gasteiger partial charge is 0.397 e. The number of rotatable bonds is 3. The van der Waals surface area contributed by atoms with Gasteiger partial charge >= 0.3 is 11.9 Å². The summed E-state index contributed by atoms with van der Waals surface area (Å²) in [6.07, 6.45) is 0. The topological polar surface area (TPSA) is 98.5 Å². The Morgan fingerprint density at radius 1 is 1.44 bits per heavy atom. The fraction of sp³-hybridized carbons (Fsp3) is 0.200. The quantitative estimate of drug-likeness (QED) is 0.379. The number of nitrogens with one attached hydrogen (secondary N) is 1. The number of halogens is 1. The van der Waals surface area contributed by atoms with Crippen molar-refractivity contribution in [1.82, 2.24) is 0 Å². The highest BCUT2D eigenvalue weighted by molar-refractivity contribution is 6.37. The van der Waals surface area contributed by atoms with Gasteiger partial charge in [-0.1, -0.05) is 0 Å². The van der Waals surface area contributed by atoms with Crippen LogP contribution >= 0.6 is 0 Å². The van der Waals surface area contributed by atoms with Crippen molar-refractivity contribution in [3.63, 3.8) is 0 Å². The van der Waals surface area contributed by atoms with Crippen LogP contribution in [0.4, 0.5) is 15.8 Å². The summed E-state index contributed by atoms with van der Waals surface area (Å²) < 4.78 is 17.4. The van der Waals surface area contributed by atoms with Crippen molar-refractivity contribution in [1.29, 1.82) is 0 Å². The number of hydrogen-bond acceptors (Lipinski definition) is 5. The lowest BCUT2D eigenvalue weighted by atomic mass is 10.2. The molecule has 0 aromatic heterocycles. The molecule has 0 atom stereocenters. The van der Waals surface area contributed by atoms with Crippen molar-refractivity contribution in [3.05, 3.63) is 34.1 Å². The third-order valence-corrected chi connectivity index (χ3v) is 1.81. The van der Waals surface area contributed by atoms with E-state index in [-0.39, 0.29) is 12.3 Å². The van der Waals surface area contributed by atoms with E-state index >= 15 is 0 Å². The second-order valence-electron chi connectivity index (χ2n) is 3.13. The molecule has 8 heteroatoms. The van der Waals surface area contributed by atoms with Crippen LogP contribution in [0, 0.1) is 15.9 Å². The van der Waals surface area contributed by atoms with E-state index in [0.717, 1.165) is 12.1 Å². The maximum absolute atomic E-state index is 13.0. The summed E-state index contributed by atoms with van der Waals surface area (Å²) in [4.78, 5) is 31.9. The predicted octanol–water partition coefficient (Wildman–Crippen LogP) is 1.24. The molecule has 0 aliphatic rings. The Labute approximate surface area is 101 Å². The molecule has 0 radical (unpaired) electrons. The molecule has 0 unspecified atom stereocenters. The number of carbonyl (C=O) groups is 2. The number of benzene rings is 1. The Hall–Kier alpha value is -2.51. The molecule has 0 heterocycles. The van der Waals surface area contributed by atoms with Gasteiger partial charge < -0.3 is 10.1 Å². The maximum Gasteiger partial charge on any atom is 0.397 e. The summed E-state index contributed by atoms with van der Waals surface area (Å²) in [5, 5.41) is 12.5. The number of amides is 1. The molecule has 1 rings (SSSR count). The SMILES string of the molecule is CCOC(=O)C(=O)Nc1cc(F)cc([N+](=O)[O-])c1. The van der Waals surface area contributed by atoms with Gasteiger partial charge in [0, 0.05) is 6.07 Å². The highest BCUT2D eigenvalue weighted by Gasteiger charge is 2.17. The minimum absolute atomic E-state index is 0.00948. The van der Waals surface area contributed by atoms with E-state index in [9.17, 15) is 24.1 Å². The van der Waals surface area contributed by atoms with Gasteiger partial charge in [-0.25, -0.2) is 9.18 Å². The second kappa shape index (κ2) is 5.71. The Kier molecular flexibility index (Phi) is 4.30. The maximum atomic E-state index is 13.0. The van der Waals surface area contributed by atoms with Crippen LogP contribution in [0.25, 0.3) is 0 Å². The van der Waals surface area contributed by atoms with Crippen LogP contribution in [-0.4, -0.2) is 23.4 Å². The van der Waals surface area contributed by atoms with Crippen LogP contribution in [0.3, 0.4) is 0 Å². The zero-order valence-corrected chi connectivity index (χ0v) is 9.31. The van der Waals surface area contributed by atoms with Crippen LogP contribution in [0.1, 0.15) is 6.92 Å². The molecule has 0 saturated heterocycles. The lowest BCUT2D eigenvalue weighted by molar-refractivity contribution is -0.385. The fourth-order valence-electron chi connectivity index (χ4n) is 1.13. The molecule has 0 aliphatic carbocycles. The van der Waals surface area contributed by atoms with Crippen LogP contribution < -0.4 is 5.32 Å². The van der Waals surface area contributed by atoms with Gasteiger partial charge in [0.2, 0.25) is 0 Å². The molecule has 1 aromatic carbocycles. The number of nitro groups is 1. The highest BCUT2D eigenvalue weighted by atomic mass is 19.1. The molecule has 0 aliphatic heterocycles. The molecular formula is C10H9FN2O5. The predicted molar refractivity (Wildman–Crippen MR) is 58.3 cm³/mol. The first-order chi connectivity index (χ1) is 8.43. The molecule has 0 bridgehead atoms. The average molecular weight is 256 g/mol. The molecule has 0 spiro atoms. The Morgan fingerprint density at radius 3 is 2.67 bits per heavy atom. The van der Waals surface area contributed by atoms with Crippen LogP contribution in [-0.2, 0) is 14.3 Å². The molecular weight excluding hydrogens is 247 g/mol. The molecule has 1 aromatic rings. The molecule has 0 saturated carbocycles. The summed E-state index contributed by atoms with van der Waals surface area (Å²) in [6, 6.07) is 2.48. The van der Waals surface area contributed by atoms with Gasteiger partial charge in [0.05, 0.1) is 23.3 Å². The first-order valence-corrected chi connectivity index (χ1v) is 4.87. The number of hydrogen-bond donors (Lipinski definition) is 1. The normalized spacial score (nSPS) is 9.67. The number of non-ortho nitro benzene ring substituents is 1. The molecule has 7 nitrogen and oxygen atoms in total. The number of esters is 1. The van der Waals surface area contributed by atoms with Gasteiger partial charge in [0.15, 0.2) is 0 Å². The monoisotopic (exact) mass is 256 g/mol. The minimum atomic E-state index is -1.15. The van der Waals surface area contributed by atoms with E-state index in [2.05, 4.69) is 4.74 Å². The summed E-state index contributed by atoms with van der Waals surface area (Å²) >= 11 is 0. The zero-order valence-electron chi connectivity index (χ0n) is 9.31. The van der Waals surface area contributed by atoms with Crippen molar-refractivity contribution in [2.24, 2.45) is 0 Å². The van der Waals surface area contributed by atoms with Gasteiger partial charge in [-0.15, -0.1) is 0 Å². The van der Waals surface area contributed by atoms with E-state index in [1.165, 1.54) is 6.92 Å². The molecule has 0 fully saturated rings. The van der Waals surface area contributed by atoms with Crippen LogP contribution in [0.5, 0.6) is 0 Å². The van der Waals surface area contributed by atoms with Crippen LogP contribution in [0.2, 0.25) is 0 Å². The van der Waals surface area contributed by atoms with E-state index in [4.69, 9.17) is 0 Å². The van der Waals surface area contributed by atoms with Gasteiger partial charge in [0.25, 0.3) is 5.69 Å². The Bertz CT molecular complexity index is 503. The highest BCUT2D eigenvalue weighted by Crippen LogP contribution is 2.19. The van der Waals surface area contributed by atoms with Crippen LogP contribution in [0.15, 0.2) is 18.2 Å². The molecule has 1 N–H and O–H groups in total. The van der Waals surface area contributed by atoms with Crippen molar-refractivity contribution in [3.8, 4) is 0 Å². The lowest BCUT2D eigenvalue weighted by Crippen LogP contribution is -2.25. The number of anilines is 1. The van der Waals surface area contributed by atoms with E-state index in [1.54, 1.807) is 0 Å². The first kappa shape index (κ1) is 13.6. The summed E-state index contributed by atoms with van der Waals surface area (Å²) in [6.45, 7) is 1.52. The summed E-state index contributed by atoms with van der Waals surface area (Å²) in [7, 11) is 0. The Morgan fingerprint density at radius 2 is 2.11 bits per heavy atom. The summed E-state index contributed by atoms with van der Waals surface area (Å²) in [5.74, 6) is -3.18. The van der Waals surface area contributed by atoms with Gasteiger partial charge in [-0.3, -0.25) is 14.9 Å². The van der Waals surface area contributed by atoms with Gasteiger partial charge in [-0.05, 0) is 13.0 Å². The molecule has 18 heavy (non-hydrogen) atoms. The van der Waals surface area contributed by atoms with E-state index in [0.29, 0.717) is 6.07 Å². The number of ether oxygens (including phenoxy) is 1. The van der Waals surface area contributed by atoms with Crippen molar-refractivity contribution >= 4 is 23.3 Å². The third kappa shape index (κ3) is 3.51. The van der Waals surface area contributed by atoms with E-state index in [1.807, 2.05) is 5.32 Å². The minimum Gasteiger partial charge on any atom is -0.459 e. The standard InChI is InChI=1S/C10H9FN2O5/c1-2-18-10(15)9(14)12-7-3-6(11)4-8(5-7)13(16)17/h3-5H,2H2,1H3,(H,12,14). The number of nitro benzene ring substituents is 1. The van der Waals surface area contributed by atoms with E-state index < -0.39 is 28.3 Å². The van der Waals surface area contributed by atoms with Gasteiger partial charge in [-0.2, -0.15) is 0 Å². The largest absolute Gasteiger partial charge is 0.459 e. The average Bonchev–Trinajstić information content (AvgIpc) is 2.28. The molecule has 1 amide bonds.